The Bertz CT molecular complexity index is 2390. The number of aliphatic hydroxyl groups is 1. The van der Waals surface area contributed by atoms with Crippen molar-refractivity contribution in [3.05, 3.63) is 158 Å². The molecular weight excluding hydrogens is 791 g/mol. The summed E-state index contributed by atoms with van der Waals surface area (Å²) in [5.74, 6) is 1.11. The molecule has 3 heterocycles. The first-order valence-electron chi connectivity index (χ1n) is 20.5. The SMILES string of the molecule is COc1ccc(C(OC[C@H]2O[C@@H](n3cc(/C=C/CNCC(=O)Nc4ccc(B5OC(C)(C)C(C)(C)O5)cc4)c(=O)[nH]c3=O)CC2O)(c2ccccc2)c2ccc(OC)cc2)cc1. The number of carbonyl (C=O) groups is 1. The van der Waals surface area contributed by atoms with Crippen LogP contribution in [-0.4, -0.2) is 85.0 Å². The summed E-state index contributed by atoms with van der Waals surface area (Å²) in [5.41, 5.74) is 0.807. The molecule has 0 bridgehead atoms. The average Bonchev–Trinajstić information content (AvgIpc) is 3.74. The van der Waals surface area contributed by atoms with Crippen molar-refractivity contribution in [2.45, 2.75) is 69.4 Å². The predicted molar refractivity (Wildman–Crippen MR) is 237 cm³/mol. The van der Waals surface area contributed by atoms with E-state index in [9.17, 15) is 19.5 Å². The van der Waals surface area contributed by atoms with E-state index in [0.717, 1.165) is 22.2 Å². The topological polar surface area (TPSA) is 172 Å². The maximum Gasteiger partial charge on any atom is 0.494 e. The van der Waals surface area contributed by atoms with E-state index in [-0.39, 0.29) is 37.6 Å². The Morgan fingerprint density at radius 2 is 1.45 bits per heavy atom. The van der Waals surface area contributed by atoms with Gasteiger partial charge in [-0.3, -0.25) is 19.1 Å². The number of aromatic nitrogens is 2. The summed E-state index contributed by atoms with van der Waals surface area (Å²) in [6.07, 6.45) is 1.98. The number of carbonyl (C=O) groups excluding carboxylic acids is 1. The van der Waals surface area contributed by atoms with Gasteiger partial charge in [0.1, 0.15) is 29.4 Å². The number of aromatic amines is 1. The number of hydrogen-bond acceptors (Lipinski definition) is 11. The fraction of sp³-hybridized carbons (Fsp3) is 0.340. The summed E-state index contributed by atoms with van der Waals surface area (Å²) in [4.78, 5) is 41.0. The molecule has 3 atom stereocenters. The first-order chi connectivity index (χ1) is 29.7. The number of anilines is 1. The van der Waals surface area contributed by atoms with E-state index < -0.39 is 53.6 Å². The third-order valence-corrected chi connectivity index (χ3v) is 11.7. The van der Waals surface area contributed by atoms with Crippen LogP contribution in [0.4, 0.5) is 5.69 Å². The van der Waals surface area contributed by atoms with Crippen LogP contribution < -0.4 is 36.8 Å². The molecule has 1 unspecified atom stereocenters. The summed E-state index contributed by atoms with van der Waals surface area (Å²) >= 11 is 0. The normalized spacial score (nSPS) is 19.5. The van der Waals surface area contributed by atoms with Gasteiger partial charge in [0.15, 0.2) is 0 Å². The van der Waals surface area contributed by atoms with Crippen LogP contribution in [0.2, 0.25) is 0 Å². The first kappa shape index (κ1) is 44.3. The lowest BCUT2D eigenvalue weighted by Crippen LogP contribution is -2.41. The van der Waals surface area contributed by atoms with Crippen LogP contribution in [0.1, 0.15) is 62.6 Å². The van der Waals surface area contributed by atoms with Gasteiger partial charge < -0.3 is 44.0 Å². The van der Waals surface area contributed by atoms with Crippen LogP contribution >= 0.6 is 0 Å². The molecule has 2 aliphatic heterocycles. The molecule has 1 aromatic heterocycles. The first-order valence-corrected chi connectivity index (χ1v) is 20.5. The second-order valence-corrected chi connectivity index (χ2v) is 16.3. The fourth-order valence-electron chi connectivity index (χ4n) is 7.51. The monoisotopic (exact) mass is 844 g/mol. The summed E-state index contributed by atoms with van der Waals surface area (Å²) in [6, 6.07) is 32.3. The minimum atomic E-state index is -1.15. The Morgan fingerprint density at radius 1 is 0.871 bits per heavy atom. The predicted octanol–water partition coefficient (Wildman–Crippen LogP) is 4.75. The zero-order valence-electron chi connectivity index (χ0n) is 35.8. The van der Waals surface area contributed by atoms with Gasteiger partial charge in [0.05, 0.1) is 50.2 Å². The summed E-state index contributed by atoms with van der Waals surface area (Å²) in [7, 11) is 2.71. The molecule has 15 heteroatoms. The van der Waals surface area contributed by atoms with E-state index >= 15 is 0 Å². The molecule has 4 aromatic carbocycles. The van der Waals surface area contributed by atoms with Crippen molar-refractivity contribution >= 4 is 30.3 Å². The summed E-state index contributed by atoms with van der Waals surface area (Å²) < 4.78 is 37.6. The van der Waals surface area contributed by atoms with Crippen molar-refractivity contribution in [3.63, 3.8) is 0 Å². The molecule has 14 nitrogen and oxygen atoms in total. The van der Waals surface area contributed by atoms with E-state index in [0.29, 0.717) is 17.2 Å². The van der Waals surface area contributed by atoms with Gasteiger partial charge in [-0.2, -0.15) is 0 Å². The maximum absolute atomic E-state index is 13.1. The van der Waals surface area contributed by atoms with Crippen LogP contribution in [0.15, 0.2) is 125 Å². The molecule has 4 N–H and O–H groups in total. The number of nitrogens with one attached hydrogen (secondary N) is 3. The molecule has 5 aromatic rings. The van der Waals surface area contributed by atoms with E-state index in [1.54, 1.807) is 38.5 Å². The lowest BCUT2D eigenvalue weighted by atomic mass is 9.79. The number of benzene rings is 4. The number of methoxy groups -OCH3 is 2. The molecule has 7 rings (SSSR count). The number of ether oxygens (including phenoxy) is 4. The number of rotatable bonds is 16. The average molecular weight is 845 g/mol. The molecular formula is C47H53BN4O10. The van der Waals surface area contributed by atoms with Crippen LogP contribution in [0.25, 0.3) is 6.08 Å². The second-order valence-electron chi connectivity index (χ2n) is 16.3. The highest BCUT2D eigenvalue weighted by molar-refractivity contribution is 6.62. The Kier molecular flexibility index (Phi) is 13.3. The molecule has 2 saturated heterocycles. The van der Waals surface area contributed by atoms with Gasteiger partial charge in [-0.15, -0.1) is 0 Å². The highest BCUT2D eigenvalue weighted by Crippen LogP contribution is 2.43. The zero-order valence-corrected chi connectivity index (χ0v) is 35.8. The maximum atomic E-state index is 13.1. The highest BCUT2D eigenvalue weighted by Gasteiger charge is 2.51. The smallest absolute Gasteiger partial charge is 0.494 e. The number of H-pyrrole nitrogens is 1. The number of nitrogens with zero attached hydrogens (tertiary/aromatic N) is 1. The standard InChI is InChI=1S/C47H53BN4O10/c1-45(2)46(3,4)62-48(61-45)35-18-20-36(21-19-35)50-41(54)28-49-26-10-11-31-29-52(44(56)51-43(31)55)42-27-39(53)40(60-42)30-59-47(32-12-8-7-9-13-32,33-14-22-37(57-5)23-15-33)34-16-24-38(58-6)25-17-34/h7-25,29,39-40,42,49,53H,26-28,30H2,1-6H3,(H,50,54)(H,51,55,56)/b11-10+/t39?,40-,42-/m1/s1. The van der Waals surface area contributed by atoms with Crippen molar-refractivity contribution in [2.24, 2.45) is 0 Å². The molecule has 2 fully saturated rings. The third kappa shape index (κ3) is 9.48. The Hall–Kier alpha value is -5.81. The molecule has 0 radical (unpaired) electrons. The quantitative estimate of drug-likeness (QED) is 0.0614. The minimum Gasteiger partial charge on any atom is -0.497 e. The Morgan fingerprint density at radius 3 is 2.03 bits per heavy atom. The lowest BCUT2D eigenvalue weighted by Gasteiger charge is -2.37. The van der Waals surface area contributed by atoms with Crippen molar-refractivity contribution < 1.29 is 38.2 Å². The summed E-state index contributed by atoms with van der Waals surface area (Å²) in [5, 5.41) is 17.2. The van der Waals surface area contributed by atoms with E-state index in [1.165, 1.54) is 10.8 Å². The Balaban J connectivity index is 0.990. The molecule has 0 saturated carbocycles. The van der Waals surface area contributed by atoms with Gasteiger partial charge in [-0.05, 0) is 86.2 Å². The van der Waals surface area contributed by atoms with E-state index in [4.69, 9.17) is 28.3 Å². The third-order valence-electron chi connectivity index (χ3n) is 11.7. The lowest BCUT2D eigenvalue weighted by molar-refractivity contribution is -0.115. The van der Waals surface area contributed by atoms with Crippen molar-refractivity contribution in [3.8, 4) is 11.5 Å². The van der Waals surface area contributed by atoms with Crippen molar-refractivity contribution in [2.75, 3.05) is 39.2 Å². The van der Waals surface area contributed by atoms with Crippen molar-refractivity contribution in [1.82, 2.24) is 14.9 Å². The molecule has 324 valence electrons. The highest BCUT2D eigenvalue weighted by atomic mass is 16.7. The minimum absolute atomic E-state index is 0.0128. The van der Waals surface area contributed by atoms with E-state index in [2.05, 4.69) is 15.6 Å². The number of amides is 1. The van der Waals surface area contributed by atoms with Crippen LogP contribution in [-0.2, 0) is 29.2 Å². The van der Waals surface area contributed by atoms with Crippen LogP contribution in [0.5, 0.6) is 11.5 Å². The molecule has 0 aliphatic carbocycles. The zero-order chi connectivity index (χ0) is 44.1. The Labute approximate surface area is 360 Å². The molecule has 1 amide bonds. The van der Waals surface area contributed by atoms with Crippen LogP contribution in [0, 0.1) is 0 Å². The number of aliphatic hydroxyl groups excluding tert-OH is 1. The fourth-order valence-corrected chi connectivity index (χ4v) is 7.51. The molecule has 0 spiro atoms. The van der Waals surface area contributed by atoms with Gasteiger partial charge in [0.25, 0.3) is 5.56 Å². The largest absolute Gasteiger partial charge is 0.497 e. The van der Waals surface area contributed by atoms with Crippen LogP contribution in [0.3, 0.4) is 0 Å². The molecule has 62 heavy (non-hydrogen) atoms. The van der Waals surface area contributed by atoms with Gasteiger partial charge in [-0.1, -0.05) is 78.9 Å². The van der Waals surface area contributed by atoms with Gasteiger partial charge in [-0.25, -0.2) is 4.79 Å². The van der Waals surface area contributed by atoms with E-state index in [1.807, 2.05) is 119 Å². The van der Waals surface area contributed by atoms with Gasteiger partial charge >= 0.3 is 12.8 Å². The van der Waals surface area contributed by atoms with Crippen molar-refractivity contribution in [1.29, 1.82) is 0 Å². The van der Waals surface area contributed by atoms with Gasteiger partial charge in [0.2, 0.25) is 5.91 Å². The second kappa shape index (κ2) is 18.7. The number of hydrogen-bond donors (Lipinski definition) is 4. The molecule has 2 aliphatic rings. The summed E-state index contributed by atoms with van der Waals surface area (Å²) in [6.45, 7) is 8.20. The van der Waals surface area contributed by atoms with Gasteiger partial charge in [0, 0.05) is 24.8 Å².